The van der Waals surface area contributed by atoms with Crippen molar-refractivity contribution in [2.75, 3.05) is 12.4 Å². The molecule has 0 fully saturated rings. The number of methoxy groups -OCH3 is 1. The van der Waals surface area contributed by atoms with Crippen molar-refractivity contribution in [3.63, 3.8) is 0 Å². The molecule has 1 N–H and O–H groups in total. The minimum Gasteiger partial charge on any atom is -0.497 e. The molecule has 0 bridgehead atoms. The lowest BCUT2D eigenvalue weighted by molar-refractivity contribution is 0.303. The van der Waals surface area contributed by atoms with Crippen molar-refractivity contribution < 1.29 is 9.47 Å². The Labute approximate surface area is 147 Å². The summed E-state index contributed by atoms with van der Waals surface area (Å²) < 4.78 is 13.0. The third-order valence-corrected chi connectivity index (χ3v) is 4.08. The highest BCUT2D eigenvalue weighted by Crippen LogP contribution is 2.27. The van der Waals surface area contributed by atoms with Crippen LogP contribution >= 0.6 is 0 Å². The number of ether oxygens (including phenoxy) is 2. The smallest absolute Gasteiger partial charge is 0.124 e. The molecule has 3 rings (SSSR count). The molecule has 0 aliphatic heterocycles. The topological polar surface area (TPSA) is 61.2 Å². The summed E-state index contributed by atoms with van der Waals surface area (Å²) in [7, 11) is 3.54. The summed E-state index contributed by atoms with van der Waals surface area (Å²) in [6.45, 7) is 3.20. The highest BCUT2D eigenvalue weighted by atomic mass is 16.5. The number of hydrogen-bond acceptors (Lipinski definition) is 5. The SMILES string of the molecule is COc1cccc(COc2cccc(NCc3cnnn3C)c2C)c1. The van der Waals surface area contributed by atoms with Gasteiger partial charge in [0.25, 0.3) is 0 Å². The fraction of sp³-hybridized carbons (Fsp3) is 0.263. The van der Waals surface area contributed by atoms with Gasteiger partial charge < -0.3 is 14.8 Å². The maximum atomic E-state index is 6.00. The number of aryl methyl sites for hydroxylation is 1. The van der Waals surface area contributed by atoms with Crippen molar-refractivity contribution in [3.8, 4) is 11.5 Å². The van der Waals surface area contributed by atoms with E-state index in [2.05, 4.69) is 15.6 Å². The molecule has 0 amide bonds. The van der Waals surface area contributed by atoms with Gasteiger partial charge in [0.15, 0.2) is 0 Å². The fourth-order valence-corrected chi connectivity index (χ4v) is 2.54. The zero-order valence-corrected chi connectivity index (χ0v) is 14.7. The van der Waals surface area contributed by atoms with Gasteiger partial charge >= 0.3 is 0 Å². The number of rotatable bonds is 7. The zero-order valence-electron chi connectivity index (χ0n) is 14.7. The van der Waals surface area contributed by atoms with Crippen LogP contribution in [0.5, 0.6) is 11.5 Å². The summed E-state index contributed by atoms with van der Waals surface area (Å²) in [5, 5.41) is 11.2. The second kappa shape index (κ2) is 7.70. The maximum absolute atomic E-state index is 6.00. The second-order valence-corrected chi connectivity index (χ2v) is 5.77. The molecule has 6 nitrogen and oxygen atoms in total. The van der Waals surface area contributed by atoms with Crippen LogP contribution in [-0.4, -0.2) is 22.1 Å². The van der Waals surface area contributed by atoms with Crippen molar-refractivity contribution in [1.29, 1.82) is 0 Å². The van der Waals surface area contributed by atoms with E-state index in [1.165, 1.54) is 0 Å². The monoisotopic (exact) mass is 338 g/mol. The van der Waals surface area contributed by atoms with Crippen LogP contribution in [0.15, 0.2) is 48.7 Å². The fourth-order valence-electron chi connectivity index (χ4n) is 2.54. The summed E-state index contributed by atoms with van der Waals surface area (Å²) in [6.07, 6.45) is 1.76. The molecule has 0 atom stereocenters. The van der Waals surface area contributed by atoms with E-state index in [0.29, 0.717) is 13.2 Å². The van der Waals surface area contributed by atoms with Gasteiger partial charge in [0, 0.05) is 18.3 Å². The van der Waals surface area contributed by atoms with Crippen LogP contribution in [0.1, 0.15) is 16.8 Å². The quantitative estimate of drug-likeness (QED) is 0.716. The van der Waals surface area contributed by atoms with Crippen LogP contribution in [0.4, 0.5) is 5.69 Å². The van der Waals surface area contributed by atoms with Gasteiger partial charge in [-0.1, -0.05) is 23.4 Å². The van der Waals surface area contributed by atoms with Crippen LogP contribution in [0, 0.1) is 6.92 Å². The summed E-state index contributed by atoms with van der Waals surface area (Å²) in [6, 6.07) is 13.9. The summed E-state index contributed by atoms with van der Waals surface area (Å²) in [5.41, 5.74) is 4.19. The van der Waals surface area contributed by atoms with E-state index in [0.717, 1.165) is 34.0 Å². The molecule has 1 heterocycles. The molecule has 25 heavy (non-hydrogen) atoms. The Morgan fingerprint density at radius 3 is 2.76 bits per heavy atom. The molecule has 0 unspecified atom stereocenters. The molecule has 0 radical (unpaired) electrons. The lowest BCUT2D eigenvalue weighted by Crippen LogP contribution is -2.07. The van der Waals surface area contributed by atoms with Crippen molar-refractivity contribution in [3.05, 3.63) is 65.5 Å². The van der Waals surface area contributed by atoms with Crippen molar-refractivity contribution >= 4 is 5.69 Å². The third-order valence-electron chi connectivity index (χ3n) is 4.08. The molecule has 130 valence electrons. The molecule has 0 saturated carbocycles. The molecule has 0 spiro atoms. The number of aromatic nitrogens is 3. The van der Waals surface area contributed by atoms with E-state index < -0.39 is 0 Å². The number of anilines is 1. The number of nitrogens with zero attached hydrogens (tertiary/aromatic N) is 3. The highest BCUT2D eigenvalue weighted by Gasteiger charge is 2.07. The van der Waals surface area contributed by atoms with Gasteiger partial charge in [0.2, 0.25) is 0 Å². The van der Waals surface area contributed by atoms with E-state index in [-0.39, 0.29) is 0 Å². The number of nitrogens with one attached hydrogen (secondary N) is 1. The largest absolute Gasteiger partial charge is 0.497 e. The van der Waals surface area contributed by atoms with Crippen LogP contribution in [0.2, 0.25) is 0 Å². The van der Waals surface area contributed by atoms with Crippen LogP contribution in [-0.2, 0) is 20.2 Å². The first-order chi connectivity index (χ1) is 12.2. The second-order valence-electron chi connectivity index (χ2n) is 5.77. The molecule has 0 aliphatic carbocycles. The van der Waals surface area contributed by atoms with Crippen LogP contribution in [0.25, 0.3) is 0 Å². The Balaban J connectivity index is 1.67. The predicted molar refractivity (Wildman–Crippen MR) is 96.8 cm³/mol. The average molecular weight is 338 g/mol. The standard InChI is InChI=1S/C19H22N4O2/c1-14-18(20-11-16-12-21-22-23(16)2)8-5-9-19(14)25-13-15-6-4-7-17(10-15)24-3/h4-10,12,20H,11,13H2,1-3H3. The normalized spacial score (nSPS) is 10.5. The first-order valence-electron chi connectivity index (χ1n) is 8.10. The third kappa shape index (κ3) is 4.09. The molecular formula is C19H22N4O2. The van der Waals surface area contributed by atoms with Crippen molar-refractivity contribution in [2.24, 2.45) is 7.05 Å². The Morgan fingerprint density at radius 2 is 2.00 bits per heavy atom. The summed E-state index contributed by atoms with van der Waals surface area (Å²) >= 11 is 0. The van der Waals surface area contributed by atoms with Crippen molar-refractivity contribution in [2.45, 2.75) is 20.1 Å². The van der Waals surface area contributed by atoms with E-state index in [9.17, 15) is 0 Å². The molecule has 0 aliphatic rings. The van der Waals surface area contributed by atoms with E-state index in [1.807, 2.05) is 56.4 Å². The Hall–Kier alpha value is -3.02. The van der Waals surface area contributed by atoms with Crippen LogP contribution < -0.4 is 14.8 Å². The van der Waals surface area contributed by atoms with Gasteiger partial charge in [-0.05, 0) is 36.8 Å². The zero-order chi connectivity index (χ0) is 17.6. The Morgan fingerprint density at radius 1 is 1.16 bits per heavy atom. The van der Waals surface area contributed by atoms with Gasteiger partial charge in [0.05, 0.1) is 25.5 Å². The summed E-state index contributed by atoms with van der Waals surface area (Å²) in [5.74, 6) is 1.69. The minimum absolute atomic E-state index is 0.493. The molecule has 3 aromatic rings. The van der Waals surface area contributed by atoms with Gasteiger partial charge in [-0.15, -0.1) is 5.10 Å². The lowest BCUT2D eigenvalue weighted by atomic mass is 10.1. The molecule has 1 aromatic heterocycles. The van der Waals surface area contributed by atoms with E-state index in [4.69, 9.17) is 9.47 Å². The lowest BCUT2D eigenvalue weighted by Gasteiger charge is -2.14. The van der Waals surface area contributed by atoms with Gasteiger partial charge in [0.1, 0.15) is 18.1 Å². The van der Waals surface area contributed by atoms with E-state index >= 15 is 0 Å². The first kappa shape index (κ1) is 16.8. The molecular weight excluding hydrogens is 316 g/mol. The van der Waals surface area contributed by atoms with Gasteiger partial charge in [-0.2, -0.15) is 0 Å². The number of hydrogen-bond donors (Lipinski definition) is 1. The predicted octanol–water partition coefficient (Wildman–Crippen LogP) is 3.32. The van der Waals surface area contributed by atoms with Crippen molar-refractivity contribution in [1.82, 2.24) is 15.0 Å². The Kier molecular flexibility index (Phi) is 5.18. The Bertz CT molecular complexity index is 845. The highest BCUT2D eigenvalue weighted by molar-refractivity contribution is 5.56. The van der Waals surface area contributed by atoms with Gasteiger partial charge in [-0.25, -0.2) is 0 Å². The minimum atomic E-state index is 0.493. The molecule has 6 heteroatoms. The first-order valence-corrected chi connectivity index (χ1v) is 8.10. The van der Waals surface area contributed by atoms with E-state index in [1.54, 1.807) is 18.0 Å². The van der Waals surface area contributed by atoms with Crippen LogP contribution in [0.3, 0.4) is 0 Å². The molecule has 0 saturated heterocycles. The number of benzene rings is 2. The average Bonchev–Trinajstić information content (AvgIpc) is 3.05. The van der Waals surface area contributed by atoms with Gasteiger partial charge in [-0.3, -0.25) is 4.68 Å². The molecule has 2 aromatic carbocycles. The maximum Gasteiger partial charge on any atom is 0.124 e. The summed E-state index contributed by atoms with van der Waals surface area (Å²) in [4.78, 5) is 0.